The number of ether oxygens (including phenoxy) is 1. The molecule has 0 aliphatic heterocycles. The molecule has 3 aromatic heterocycles. The summed E-state index contributed by atoms with van der Waals surface area (Å²) >= 11 is 8.58. The number of hydrogen-bond acceptors (Lipinski definition) is 6. The third kappa shape index (κ3) is 4.40. The summed E-state index contributed by atoms with van der Waals surface area (Å²) in [6, 6.07) is 1.81. The summed E-state index contributed by atoms with van der Waals surface area (Å²) in [6.45, 7) is 6.34. The van der Waals surface area contributed by atoms with E-state index in [0.29, 0.717) is 27.0 Å². The Kier molecular flexibility index (Phi) is 5.98. The second-order valence-electron chi connectivity index (χ2n) is 5.84. The van der Waals surface area contributed by atoms with Crippen molar-refractivity contribution in [3.8, 4) is 0 Å². The molecule has 142 valence electrons. The third-order valence-electron chi connectivity index (χ3n) is 3.92. The third-order valence-corrected chi connectivity index (χ3v) is 6.21. The molecule has 0 saturated heterocycles. The molecule has 6 nitrogen and oxygen atoms in total. The highest BCUT2D eigenvalue weighted by Gasteiger charge is 2.23. The minimum Gasteiger partial charge on any atom is -0.462 e. The molecule has 1 N–H and O–H groups in total. The van der Waals surface area contributed by atoms with Crippen LogP contribution in [0.5, 0.6) is 0 Å². The number of amides is 1. The number of hydrogen-bond donors (Lipinski definition) is 1. The van der Waals surface area contributed by atoms with Crippen LogP contribution in [-0.2, 0) is 11.3 Å². The van der Waals surface area contributed by atoms with Gasteiger partial charge < -0.3 is 10.1 Å². The molecule has 0 unspecified atom stereocenters. The number of aromatic nitrogens is 2. The first kappa shape index (κ1) is 19.6. The Labute approximate surface area is 169 Å². The highest BCUT2D eigenvalue weighted by atomic mass is 35.5. The monoisotopic (exact) mass is 423 g/mol. The van der Waals surface area contributed by atoms with Gasteiger partial charge in [0.05, 0.1) is 34.8 Å². The van der Waals surface area contributed by atoms with E-state index in [9.17, 15) is 9.59 Å². The predicted octanol–water partition coefficient (Wildman–Crippen LogP) is 4.75. The molecule has 0 spiro atoms. The summed E-state index contributed by atoms with van der Waals surface area (Å²) in [5, 5.41) is 9.98. The van der Waals surface area contributed by atoms with E-state index in [0.717, 1.165) is 16.0 Å². The highest BCUT2D eigenvalue weighted by molar-refractivity contribution is 7.17. The number of rotatable bonds is 6. The van der Waals surface area contributed by atoms with Gasteiger partial charge in [-0.15, -0.1) is 22.7 Å². The van der Waals surface area contributed by atoms with Crippen molar-refractivity contribution < 1.29 is 14.3 Å². The Bertz CT molecular complexity index is 990. The summed E-state index contributed by atoms with van der Waals surface area (Å²) in [6.07, 6.45) is 3.29. The van der Waals surface area contributed by atoms with E-state index in [1.54, 1.807) is 24.0 Å². The lowest BCUT2D eigenvalue weighted by Crippen LogP contribution is -2.14. The molecule has 0 atom stereocenters. The molecule has 0 radical (unpaired) electrons. The molecule has 27 heavy (non-hydrogen) atoms. The average Bonchev–Trinajstić information content (AvgIpc) is 3.30. The summed E-state index contributed by atoms with van der Waals surface area (Å²) in [5.74, 6) is -0.673. The first-order valence-corrected chi connectivity index (χ1v) is 10.3. The number of anilines is 1. The number of thiophene rings is 2. The first-order chi connectivity index (χ1) is 12.9. The first-order valence-electron chi connectivity index (χ1n) is 8.22. The van der Waals surface area contributed by atoms with Crippen molar-refractivity contribution in [3.63, 3.8) is 0 Å². The zero-order valence-corrected chi connectivity index (χ0v) is 17.4. The van der Waals surface area contributed by atoms with Gasteiger partial charge >= 0.3 is 5.97 Å². The molecule has 0 fully saturated rings. The van der Waals surface area contributed by atoms with Gasteiger partial charge in [0.1, 0.15) is 5.00 Å². The van der Waals surface area contributed by atoms with Crippen LogP contribution in [0.4, 0.5) is 5.00 Å². The van der Waals surface area contributed by atoms with Crippen LogP contribution in [0.1, 0.15) is 43.0 Å². The van der Waals surface area contributed by atoms with Gasteiger partial charge in [0.2, 0.25) is 0 Å². The van der Waals surface area contributed by atoms with Gasteiger partial charge in [0.15, 0.2) is 0 Å². The van der Waals surface area contributed by atoms with Crippen molar-refractivity contribution in [2.24, 2.45) is 0 Å². The lowest BCUT2D eigenvalue weighted by Gasteiger charge is -2.06. The Balaban J connectivity index is 1.76. The largest absolute Gasteiger partial charge is 0.462 e. The summed E-state index contributed by atoms with van der Waals surface area (Å²) in [5.41, 5.74) is 2.21. The van der Waals surface area contributed by atoms with E-state index >= 15 is 0 Å². The number of carbonyl (C=O) groups is 2. The fourth-order valence-electron chi connectivity index (χ4n) is 2.52. The molecule has 0 bridgehead atoms. The number of esters is 1. The smallest absolute Gasteiger partial charge is 0.341 e. The van der Waals surface area contributed by atoms with Gasteiger partial charge in [-0.25, -0.2) is 4.79 Å². The van der Waals surface area contributed by atoms with Crippen LogP contribution in [-0.4, -0.2) is 28.3 Å². The number of halogens is 1. The van der Waals surface area contributed by atoms with E-state index < -0.39 is 5.97 Å². The van der Waals surface area contributed by atoms with Crippen LogP contribution >= 0.6 is 34.3 Å². The van der Waals surface area contributed by atoms with Crippen molar-refractivity contribution >= 4 is 51.2 Å². The minimum absolute atomic E-state index is 0.253. The SMILES string of the molecule is CCOC(=O)c1c(NC(=O)c2cc(Cn3cc(Cl)cn3)cs2)sc(C)c1C. The van der Waals surface area contributed by atoms with Crippen LogP contribution in [0, 0.1) is 13.8 Å². The van der Waals surface area contributed by atoms with Gasteiger partial charge in [-0.2, -0.15) is 5.10 Å². The molecule has 0 aromatic carbocycles. The van der Waals surface area contributed by atoms with Gasteiger partial charge in [-0.3, -0.25) is 9.48 Å². The molecule has 0 aliphatic rings. The molecule has 0 aliphatic carbocycles. The van der Waals surface area contributed by atoms with Gasteiger partial charge in [0, 0.05) is 11.1 Å². The zero-order valence-electron chi connectivity index (χ0n) is 15.0. The maximum atomic E-state index is 12.6. The maximum absolute atomic E-state index is 12.6. The summed E-state index contributed by atoms with van der Waals surface area (Å²) in [4.78, 5) is 26.4. The molecule has 3 heterocycles. The van der Waals surface area contributed by atoms with Crippen molar-refractivity contribution in [1.29, 1.82) is 0 Å². The average molecular weight is 424 g/mol. The molecule has 1 amide bonds. The van der Waals surface area contributed by atoms with Crippen LogP contribution in [0.2, 0.25) is 5.02 Å². The van der Waals surface area contributed by atoms with E-state index in [-0.39, 0.29) is 12.5 Å². The quantitative estimate of drug-likeness (QED) is 0.580. The van der Waals surface area contributed by atoms with Crippen molar-refractivity contribution in [3.05, 3.63) is 55.3 Å². The second-order valence-corrected chi connectivity index (χ2v) is 8.41. The molecule has 9 heteroatoms. The number of carbonyl (C=O) groups excluding carboxylic acids is 2. The van der Waals surface area contributed by atoms with Crippen LogP contribution < -0.4 is 5.32 Å². The topological polar surface area (TPSA) is 73.2 Å². The molecule has 0 saturated carbocycles. The predicted molar refractivity (Wildman–Crippen MR) is 108 cm³/mol. The zero-order chi connectivity index (χ0) is 19.6. The Morgan fingerprint density at radius 3 is 2.81 bits per heavy atom. The van der Waals surface area contributed by atoms with Gasteiger partial charge in [-0.1, -0.05) is 11.6 Å². The standard InChI is InChI=1S/C18H18ClN3O3S2/c1-4-25-18(24)15-10(2)11(3)27-17(15)21-16(23)14-5-12(9-26-14)7-22-8-13(19)6-20-22/h5-6,8-9H,4,7H2,1-3H3,(H,21,23). The van der Waals surface area contributed by atoms with Crippen molar-refractivity contribution in [2.75, 3.05) is 11.9 Å². The van der Waals surface area contributed by atoms with Crippen molar-refractivity contribution in [1.82, 2.24) is 9.78 Å². The lowest BCUT2D eigenvalue weighted by molar-refractivity contribution is 0.0527. The van der Waals surface area contributed by atoms with Crippen LogP contribution in [0.25, 0.3) is 0 Å². The molecular weight excluding hydrogens is 406 g/mol. The van der Waals surface area contributed by atoms with E-state index in [2.05, 4.69) is 10.4 Å². The normalized spacial score (nSPS) is 10.8. The van der Waals surface area contributed by atoms with Crippen LogP contribution in [0.3, 0.4) is 0 Å². The van der Waals surface area contributed by atoms with Gasteiger partial charge in [-0.05, 0) is 43.3 Å². The highest BCUT2D eigenvalue weighted by Crippen LogP contribution is 2.33. The Hall–Kier alpha value is -2.16. The molecule has 3 aromatic rings. The number of aryl methyl sites for hydroxylation is 1. The van der Waals surface area contributed by atoms with Crippen LogP contribution in [0.15, 0.2) is 23.8 Å². The van der Waals surface area contributed by atoms with E-state index in [1.165, 1.54) is 22.7 Å². The maximum Gasteiger partial charge on any atom is 0.341 e. The number of nitrogens with zero attached hydrogens (tertiary/aromatic N) is 2. The molecular formula is C18H18ClN3O3S2. The Morgan fingerprint density at radius 1 is 1.37 bits per heavy atom. The summed E-state index contributed by atoms with van der Waals surface area (Å²) < 4.78 is 6.83. The lowest BCUT2D eigenvalue weighted by atomic mass is 10.1. The van der Waals surface area contributed by atoms with E-state index in [1.807, 2.05) is 25.3 Å². The summed E-state index contributed by atoms with van der Waals surface area (Å²) in [7, 11) is 0. The van der Waals surface area contributed by atoms with Gasteiger partial charge in [0.25, 0.3) is 5.91 Å². The van der Waals surface area contributed by atoms with Crippen molar-refractivity contribution in [2.45, 2.75) is 27.3 Å². The Morgan fingerprint density at radius 2 is 2.15 bits per heavy atom. The number of nitrogens with one attached hydrogen (secondary N) is 1. The fraction of sp³-hybridized carbons (Fsp3) is 0.278. The minimum atomic E-state index is -0.419. The second kappa shape index (κ2) is 8.24. The van der Waals surface area contributed by atoms with E-state index in [4.69, 9.17) is 16.3 Å². The molecule has 3 rings (SSSR count). The fourth-order valence-corrected chi connectivity index (χ4v) is 4.52.